The van der Waals surface area contributed by atoms with Crippen LogP contribution in [0.3, 0.4) is 0 Å². The largest absolute Gasteiger partial charge is 0.330 e. The smallest absolute Gasteiger partial charge is 0.123 e. The average Bonchev–Trinajstić information content (AvgIpc) is 2.33. The zero-order valence-corrected chi connectivity index (χ0v) is 11.1. The normalized spacial score (nSPS) is 20.1. The minimum absolute atomic E-state index is 0.134. The van der Waals surface area contributed by atoms with Crippen molar-refractivity contribution in [3.8, 4) is 0 Å². The third kappa shape index (κ3) is 3.55. The van der Waals surface area contributed by atoms with Gasteiger partial charge in [0.25, 0.3) is 0 Å². The predicted octanol–water partition coefficient (Wildman–Crippen LogP) is 4.06. The topological polar surface area (TPSA) is 26.0 Å². The van der Waals surface area contributed by atoms with Crippen molar-refractivity contribution in [2.75, 3.05) is 6.54 Å². The van der Waals surface area contributed by atoms with E-state index in [2.05, 4.69) is 0 Å². The fraction of sp³-hybridized carbons (Fsp3) is 0.625. The van der Waals surface area contributed by atoms with E-state index in [4.69, 9.17) is 5.73 Å². The maximum absolute atomic E-state index is 13.3. The second-order valence-corrected chi connectivity index (χ2v) is 5.78. The fourth-order valence-corrected chi connectivity index (χ4v) is 3.19. The minimum atomic E-state index is -0.134. The van der Waals surface area contributed by atoms with Crippen molar-refractivity contribution in [1.82, 2.24) is 0 Å². The molecule has 0 amide bonds. The molecular formula is C16H24FN. The van der Waals surface area contributed by atoms with Gasteiger partial charge in [-0.2, -0.15) is 0 Å². The van der Waals surface area contributed by atoms with Gasteiger partial charge < -0.3 is 5.73 Å². The first-order valence-electron chi connectivity index (χ1n) is 7.19. The summed E-state index contributed by atoms with van der Waals surface area (Å²) in [5.74, 6) is -0.134. The van der Waals surface area contributed by atoms with Crippen molar-refractivity contribution >= 4 is 0 Å². The molecule has 1 aliphatic carbocycles. The molecular weight excluding hydrogens is 225 g/mol. The highest BCUT2D eigenvalue weighted by Crippen LogP contribution is 2.36. The molecule has 1 fully saturated rings. The Hall–Kier alpha value is -0.890. The van der Waals surface area contributed by atoms with E-state index in [-0.39, 0.29) is 11.2 Å². The molecule has 1 aromatic carbocycles. The summed E-state index contributed by atoms with van der Waals surface area (Å²) in [4.78, 5) is 0. The molecule has 2 heteroatoms. The number of benzene rings is 1. The monoisotopic (exact) mass is 249 g/mol. The number of hydrogen-bond acceptors (Lipinski definition) is 1. The molecule has 0 spiro atoms. The molecule has 18 heavy (non-hydrogen) atoms. The lowest BCUT2D eigenvalue weighted by molar-refractivity contribution is 0.217. The quantitative estimate of drug-likeness (QED) is 0.859. The van der Waals surface area contributed by atoms with E-state index in [1.54, 1.807) is 12.1 Å². The Morgan fingerprint density at radius 2 is 1.72 bits per heavy atom. The Bertz CT molecular complexity index is 367. The highest BCUT2D eigenvalue weighted by molar-refractivity contribution is 5.18. The van der Waals surface area contributed by atoms with E-state index in [9.17, 15) is 4.39 Å². The zero-order valence-electron chi connectivity index (χ0n) is 11.1. The highest BCUT2D eigenvalue weighted by atomic mass is 19.1. The van der Waals surface area contributed by atoms with Gasteiger partial charge in [-0.25, -0.2) is 4.39 Å². The third-order valence-electron chi connectivity index (χ3n) is 4.32. The van der Waals surface area contributed by atoms with Crippen molar-refractivity contribution in [2.24, 2.45) is 11.1 Å². The van der Waals surface area contributed by atoms with Crippen molar-refractivity contribution < 1.29 is 4.39 Å². The standard InChI is InChI=1S/C16H24FN/c17-15-8-6-7-14(11-15)12-16(13-18)9-4-2-1-3-5-10-16/h6-8,11H,1-5,9-10,12-13,18H2. The molecule has 2 N–H and O–H groups in total. The molecule has 0 unspecified atom stereocenters. The summed E-state index contributed by atoms with van der Waals surface area (Å²) in [5, 5.41) is 0. The lowest BCUT2D eigenvalue weighted by Gasteiger charge is -2.34. The summed E-state index contributed by atoms with van der Waals surface area (Å²) in [6, 6.07) is 7.00. The van der Waals surface area contributed by atoms with Crippen LogP contribution in [-0.4, -0.2) is 6.54 Å². The maximum atomic E-state index is 13.3. The van der Waals surface area contributed by atoms with Crippen LogP contribution in [0, 0.1) is 11.2 Å². The molecule has 0 radical (unpaired) electrons. The van der Waals surface area contributed by atoms with Crippen LogP contribution in [0.15, 0.2) is 24.3 Å². The SMILES string of the molecule is NCC1(Cc2cccc(F)c2)CCCCCCC1. The number of halogens is 1. The van der Waals surface area contributed by atoms with Crippen LogP contribution in [0.25, 0.3) is 0 Å². The van der Waals surface area contributed by atoms with E-state index in [1.165, 1.54) is 51.0 Å². The van der Waals surface area contributed by atoms with E-state index < -0.39 is 0 Å². The van der Waals surface area contributed by atoms with Gasteiger partial charge in [0.1, 0.15) is 5.82 Å². The molecule has 100 valence electrons. The van der Waals surface area contributed by atoms with Gasteiger partial charge >= 0.3 is 0 Å². The lowest BCUT2D eigenvalue weighted by atomic mass is 9.72. The Labute approximate surface area is 110 Å². The van der Waals surface area contributed by atoms with Crippen LogP contribution in [0.4, 0.5) is 4.39 Å². The molecule has 0 aromatic heterocycles. The van der Waals surface area contributed by atoms with Crippen molar-refractivity contribution in [3.05, 3.63) is 35.6 Å². The van der Waals surface area contributed by atoms with Crippen LogP contribution in [0.1, 0.15) is 50.5 Å². The molecule has 0 saturated heterocycles. The van der Waals surface area contributed by atoms with Gasteiger partial charge in [0, 0.05) is 0 Å². The van der Waals surface area contributed by atoms with E-state index >= 15 is 0 Å². The second-order valence-electron chi connectivity index (χ2n) is 5.78. The summed E-state index contributed by atoms with van der Waals surface area (Å²) in [5.41, 5.74) is 7.35. The van der Waals surface area contributed by atoms with Crippen molar-refractivity contribution in [1.29, 1.82) is 0 Å². The fourth-order valence-electron chi connectivity index (χ4n) is 3.19. The number of hydrogen-bond donors (Lipinski definition) is 1. The minimum Gasteiger partial charge on any atom is -0.330 e. The first-order chi connectivity index (χ1) is 8.74. The lowest BCUT2D eigenvalue weighted by Crippen LogP contribution is -2.33. The van der Waals surface area contributed by atoms with Gasteiger partial charge in [-0.05, 0) is 48.9 Å². The molecule has 0 bridgehead atoms. The van der Waals surface area contributed by atoms with Gasteiger partial charge in [0.15, 0.2) is 0 Å². The zero-order chi connectivity index (χ0) is 12.8. The summed E-state index contributed by atoms with van der Waals surface area (Å²) in [6.45, 7) is 0.726. The maximum Gasteiger partial charge on any atom is 0.123 e. The second kappa shape index (κ2) is 6.33. The number of nitrogens with two attached hydrogens (primary N) is 1. The third-order valence-corrected chi connectivity index (χ3v) is 4.32. The van der Waals surface area contributed by atoms with Crippen LogP contribution >= 0.6 is 0 Å². The van der Waals surface area contributed by atoms with E-state index in [0.717, 1.165) is 18.5 Å². The first-order valence-corrected chi connectivity index (χ1v) is 7.19. The van der Waals surface area contributed by atoms with Crippen LogP contribution in [0.5, 0.6) is 0 Å². The summed E-state index contributed by atoms with van der Waals surface area (Å²) < 4.78 is 13.3. The molecule has 0 aliphatic heterocycles. The van der Waals surface area contributed by atoms with Crippen LogP contribution < -0.4 is 5.73 Å². The summed E-state index contributed by atoms with van der Waals surface area (Å²) in [6.07, 6.45) is 9.87. The van der Waals surface area contributed by atoms with Crippen LogP contribution in [0.2, 0.25) is 0 Å². The molecule has 0 atom stereocenters. The van der Waals surface area contributed by atoms with Gasteiger partial charge in [-0.1, -0.05) is 44.2 Å². The molecule has 1 nitrogen and oxygen atoms in total. The molecule has 1 aliphatic rings. The van der Waals surface area contributed by atoms with Gasteiger partial charge in [0.05, 0.1) is 0 Å². The van der Waals surface area contributed by atoms with Gasteiger partial charge in [-0.15, -0.1) is 0 Å². The Morgan fingerprint density at radius 1 is 1.06 bits per heavy atom. The van der Waals surface area contributed by atoms with Crippen molar-refractivity contribution in [2.45, 2.75) is 51.4 Å². The van der Waals surface area contributed by atoms with Gasteiger partial charge in [-0.3, -0.25) is 0 Å². The van der Waals surface area contributed by atoms with Crippen LogP contribution in [-0.2, 0) is 6.42 Å². The van der Waals surface area contributed by atoms with E-state index in [1.807, 2.05) is 6.07 Å². The molecule has 2 rings (SSSR count). The highest BCUT2D eigenvalue weighted by Gasteiger charge is 2.29. The van der Waals surface area contributed by atoms with E-state index in [0.29, 0.717) is 0 Å². The average molecular weight is 249 g/mol. The Balaban J connectivity index is 2.10. The number of rotatable bonds is 3. The first kappa shape index (κ1) is 13.5. The predicted molar refractivity (Wildman–Crippen MR) is 73.9 cm³/mol. The molecule has 0 heterocycles. The van der Waals surface area contributed by atoms with Crippen molar-refractivity contribution in [3.63, 3.8) is 0 Å². The summed E-state index contributed by atoms with van der Waals surface area (Å²) in [7, 11) is 0. The van der Waals surface area contributed by atoms with Gasteiger partial charge in [0.2, 0.25) is 0 Å². The molecule has 1 saturated carbocycles. The summed E-state index contributed by atoms with van der Waals surface area (Å²) >= 11 is 0. The molecule has 1 aromatic rings. The Morgan fingerprint density at radius 3 is 2.33 bits per heavy atom. The Kier molecular flexibility index (Phi) is 4.76.